The summed E-state index contributed by atoms with van der Waals surface area (Å²) in [6, 6.07) is 15.7. The SMILES string of the molecule is CN=C(NCCc1coc(-c2ccc(C)cc2)n1)N1CCN(c2ccccc2O)CC1.I. The number of hydrogen-bond donors (Lipinski definition) is 2. The van der Waals surface area contributed by atoms with E-state index in [1.54, 1.807) is 12.3 Å². The zero-order valence-corrected chi connectivity index (χ0v) is 20.8. The van der Waals surface area contributed by atoms with Gasteiger partial charge in [-0.15, -0.1) is 24.0 Å². The molecule has 0 aliphatic carbocycles. The minimum Gasteiger partial charge on any atom is -0.506 e. The van der Waals surface area contributed by atoms with Crippen LogP contribution in [0.3, 0.4) is 0 Å². The van der Waals surface area contributed by atoms with Gasteiger partial charge in [-0.05, 0) is 31.2 Å². The first-order valence-corrected chi connectivity index (χ1v) is 10.6. The van der Waals surface area contributed by atoms with Crippen LogP contribution < -0.4 is 10.2 Å². The molecule has 1 fully saturated rings. The van der Waals surface area contributed by atoms with Crippen molar-refractivity contribution in [3.05, 3.63) is 66.1 Å². The van der Waals surface area contributed by atoms with Crippen molar-refractivity contribution < 1.29 is 9.52 Å². The van der Waals surface area contributed by atoms with Crippen LogP contribution in [-0.2, 0) is 6.42 Å². The van der Waals surface area contributed by atoms with Crippen molar-refractivity contribution in [1.29, 1.82) is 0 Å². The smallest absolute Gasteiger partial charge is 0.226 e. The van der Waals surface area contributed by atoms with Crippen LogP contribution in [0.15, 0.2) is 64.2 Å². The summed E-state index contributed by atoms with van der Waals surface area (Å²) in [6.45, 7) is 6.15. The number of hydrogen-bond acceptors (Lipinski definition) is 5. The van der Waals surface area contributed by atoms with Crippen LogP contribution in [0.25, 0.3) is 11.5 Å². The molecule has 2 N–H and O–H groups in total. The van der Waals surface area contributed by atoms with Gasteiger partial charge in [-0.3, -0.25) is 4.99 Å². The summed E-state index contributed by atoms with van der Waals surface area (Å²) in [7, 11) is 1.81. The van der Waals surface area contributed by atoms with Crippen molar-refractivity contribution in [2.75, 3.05) is 44.7 Å². The van der Waals surface area contributed by atoms with Crippen molar-refractivity contribution in [2.24, 2.45) is 4.99 Å². The van der Waals surface area contributed by atoms with Crippen molar-refractivity contribution in [3.63, 3.8) is 0 Å². The zero-order chi connectivity index (χ0) is 21.6. The summed E-state index contributed by atoms with van der Waals surface area (Å²) in [4.78, 5) is 13.5. The number of nitrogens with zero attached hydrogens (tertiary/aromatic N) is 4. The largest absolute Gasteiger partial charge is 0.506 e. The zero-order valence-electron chi connectivity index (χ0n) is 18.5. The molecule has 170 valence electrons. The van der Waals surface area contributed by atoms with Gasteiger partial charge in [-0.2, -0.15) is 0 Å². The molecule has 1 aliphatic heterocycles. The lowest BCUT2D eigenvalue weighted by atomic mass is 10.1. The molecule has 7 nitrogen and oxygen atoms in total. The van der Waals surface area contributed by atoms with Crippen molar-refractivity contribution in [2.45, 2.75) is 13.3 Å². The number of nitrogens with one attached hydrogen (secondary N) is 1. The molecule has 0 atom stereocenters. The number of anilines is 1. The topological polar surface area (TPSA) is 77.1 Å². The third-order valence-electron chi connectivity index (χ3n) is 5.53. The standard InChI is InChI=1S/C24H29N5O2.HI/c1-18-7-9-19(10-8-18)23-27-20(17-31-23)11-12-26-24(25-2)29-15-13-28(14-16-29)21-5-3-4-6-22(21)30;/h3-10,17,30H,11-16H2,1-2H3,(H,25,26);1H. The van der Waals surface area contributed by atoms with Crippen LogP contribution in [0.5, 0.6) is 5.75 Å². The quantitative estimate of drug-likeness (QED) is 0.287. The highest BCUT2D eigenvalue weighted by Gasteiger charge is 2.21. The van der Waals surface area contributed by atoms with E-state index in [2.05, 4.69) is 44.1 Å². The molecule has 0 spiro atoms. The van der Waals surface area contributed by atoms with Gasteiger partial charge in [0.15, 0.2) is 5.96 Å². The number of rotatable bonds is 5. The number of oxazole rings is 1. The molecule has 4 rings (SSSR count). The maximum absolute atomic E-state index is 10.1. The first-order chi connectivity index (χ1) is 15.1. The average Bonchev–Trinajstić information content (AvgIpc) is 3.27. The van der Waals surface area contributed by atoms with Gasteiger partial charge in [0.05, 0.1) is 11.4 Å². The highest BCUT2D eigenvalue weighted by Crippen LogP contribution is 2.27. The Morgan fingerprint density at radius 2 is 1.81 bits per heavy atom. The molecule has 2 heterocycles. The molecule has 8 heteroatoms. The van der Waals surface area contributed by atoms with Crippen molar-refractivity contribution in [1.82, 2.24) is 15.2 Å². The molecule has 2 aromatic carbocycles. The minimum absolute atomic E-state index is 0. The number of halogens is 1. The van der Waals surface area contributed by atoms with Gasteiger partial charge in [0, 0.05) is 51.8 Å². The maximum Gasteiger partial charge on any atom is 0.226 e. The number of aromatic hydroxyl groups is 1. The monoisotopic (exact) mass is 547 g/mol. The summed E-state index contributed by atoms with van der Waals surface area (Å²) in [5.41, 5.74) is 4.01. The van der Waals surface area contributed by atoms with Crippen LogP contribution in [0, 0.1) is 6.92 Å². The molecular weight excluding hydrogens is 517 g/mol. The van der Waals surface area contributed by atoms with Gasteiger partial charge in [-0.25, -0.2) is 4.98 Å². The van der Waals surface area contributed by atoms with Gasteiger partial charge in [0.2, 0.25) is 5.89 Å². The van der Waals surface area contributed by atoms with E-state index in [0.29, 0.717) is 11.6 Å². The molecule has 0 saturated carbocycles. The lowest BCUT2D eigenvalue weighted by Crippen LogP contribution is -2.52. The van der Waals surface area contributed by atoms with E-state index in [9.17, 15) is 5.11 Å². The number of aromatic nitrogens is 1. The van der Waals surface area contributed by atoms with E-state index >= 15 is 0 Å². The summed E-state index contributed by atoms with van der Waals surface area (Å²) in [6.07, 6.45) is 2.48. The lowest BCUT2D eigenvalue weighted by molar-refractivity contribution is 0.370. The van der Waals surface area contributed by atoms with E-state index in [4.69, 9.17) is 4.42 Å². The summed E-state index contributed by atoms with van der Waals surface area (Å²) in [5.74, 6) is 1.87. The number of aryl methyl sites for hydroxylation is 1. The average molecular weight is 547 g/mol. The number of phenols is 1. The Morgan fingerprint density at radius 3 is 2.50 bits per heavy atom. The third kappa shape index (κ3) is 5.73. The van der Waals surface area contributed by atoms with Gasteiger partial charge >= 0.3 is 0 Å². The number of guanidine groups is 1. The van der Waals surface area contributed by atoms with E-state index < -0.39 is 0 Å². The number of piperazine rings is 1. The Morgan fingerprint density at radius 1 is 1.09 bits per heavy atom. The molecule has 0 bridgehead atoms. The second kappa shape index (κ2) is 11.2. The summed E-state index contributed by atoms with van der Waals surface area (Å²) >= 11 is 0. The first-order valence-electron chi connectivity index (χ1n) is 10.6. The second-order valence-electron chi connectivity index (χ2n) is 7.70. The second-order valence-corrected chi connectivity index (χ2v) is 7.70. The molecule has 1 aromatic heterocycles. The number of para-hydroxylation sites is 2. The van der Waals surface area contributed by atoms with Gasteiger partial charge in [0.25, 0.3) is 0 Å². The van der Waals surface area contributed by atoms with Crippen molar-refractivity contribution >= 4 is 35.6 Å². The Kier molecular flexibility index (Phi) is 8.38. The van der Waals surface area contributed by atoms with Crippen LogP contribution in [0.2, 0.25) is 0 Å². The van der Waals surface area contributed by atoms with Crippen LogP contribution in [0.1, 0.15) is 11.3 Å². The van der Waals surface area contributed by atoms with E-state index in [-0.39, 0.29) is 24.0 Å². The van der Waals surface area contributed by atoms with Crippen LogP contribution in [0.4, 0.5) is 5.69 Å². The Balaban J connectivity index is 0.00000289. The molecule has 3 aromatic rings. The van der Waals surface area contributed by atoms with Gasteiger partial charge < -0.3 is 24.6 Å². The van der Waals surface area contributed by atoms with E-state index in [1.807, 2.05) is 37.4 Å². The summed E-state index contributed by atoms with van der Waals surface area (Å²) < 4.78 is 5.65. The highest BCUT2D eigenvalue weighted by atomic mass is 127. The van der Waals surface area contributed by atoms with Crippen molar-refractivity contribution in [3.8, 4) is 17.2 Å². The number of phenolic OH excluding ortho intramolecular Hbond substituents is 1. The Bertz CT molecular complexity index is 1030. The van der Waals surface area contributed by atoms with Gasteiger partial charge in [0.1, 0.15) is 12.0 Å². The van der Waals surface area contributed by atoms with E-state index in [0.717, 1.165) is 62.0 Å². The fourth-order valence-electron chi connectivity index (χ4n) is 3.78. The normalized spacial score (nSPS) is 14.2. The molecule has 1 aliphatic rings. The van der Waals surface area contributed by atoms with Crippen LogP contribution in [-0.4, -0.2) is 60.7 Å². The fraction of sp³-hybridized carbons (Fsp3) is 0.333. The predicted molar refractivity (Wildman–Crippen MR) is 139 cm³/mol. The Hall–Kier alpha value is -2.75. The molecule has 0 amide bonds. The molecule has 1 saturated heterocycles. The number of benzene rings is 2. The highest BCUT2D eigenvalue weighted by molar-refractivity contribution is 14.0. The van der Waals surface area contributed by atoms with Crippen LogP contribution >= 0.6 is 24.0 Å². The maximum atomic E-state index is 10.1. The fourth-order valence-corrected chi connectivity index (χ4v) is 3.78. The molecule has 0 radical (unpaired) electrons. The minimum atomic E-state index is 0. The molecule has 0 unspecified atom stereocenters. The Labute approximate surface area is 206 Å². The third-order valence-corrected chi connectivity index (χ3v) is 5.53. The molecular formula is C24H30IN5O2. The molecule has 32 heavy (non-hydrogen) atoms. The number of aliphatic imine (C=N–C) groups is 1. The first kappa shape index (κ1) is 23.9. The predicted octanol–water partition coefficient (Wildman–Crippen LogP) is 3.91. The lowest BCUT2D eigenvalue weighted by Gasteiger charge is -2.37. The summed E-state index contributed by atoms with van der Waals surface area (Å²) in [5, 5.41) is 13.5. The van der Waals surface area contributed by atoms with Gasteiger partial charge in [-0.1, -0.05) is 29.8 Å². The van der Waals surface area contributed by atoms with E-state index in [1.165, 1.54) is 5.56 Å².